The van der Waals surface area contributed by atoms with Crippen LogP contribution in [-0.4, -0.2) is 39.0 Å². The van der Waals surface area contributed by atoms with Crippen LogP contribution in [-0.2, 0) is 11.3 Å². The number of anilines is 1. The van der Waals surface area contributed by atoms with Crippen molar-refractivity contribution in [1.29, 1.82) is 0 Å². The van der Waals surface area contributed by atoms with Crippen molar-refractivity contribution in [1.82, 2.24) is 25.3 Å². The fourth-order valence-electron chi connectivity index (χ4n) is 4.83. The normalized spacial score (nSPS) is 16.0. The summed E-state index contributed by atoms with van der Waals surface area (Å²) in [4.78, 5) is 15.2. The van der Waals surface area contributed by atoms with Gasteiger partial charge in [-0.15, -0.1) is 5.10 Å². The van der Waals surface area contributed by atoms with Crippen LogP contribution in [0.5, 0.6) is 0 Å². The van der Waals surface area contributed by atoms with Crippen LogP contribution in [0.4, 0.5) is 5.82 Å². The van der Waals surface area contributed by atoms with Crippen molar-refractivity contribution < 1.29 is 4.79 Å². The molecule has 1 amide bonds. The molecule has 5 rings (SSSR count). The number of hydrogen-bond donors (Lipinski definition) is 1. The summed E-state index contributed by atoms with van der Waals surface area (Å²) in [5.74, 6) is 0.667. The van der Waals surface area contributed by atoms with Crippen molar-refractivity contribution in [2.45, 2.75) is 40.2 Å². The van der Waals surface area contributed by atoms with E-state index in [9.17, 15) is 4.79 Å². The summed E-state index contributed by atoms with van der Waals surface area (Å²) >= 11 is 6.07. The number of carbonyl (C=O) groups is 1. The molecule has 0 radical (unpaired) electrons. The van der Waals surface area contributed by atoms with Crippen LogP contribution in [0.2, 0.25) is 5.02 Å². The Balaban J connectivity index is 1.39. The second kappa shape index (κ2) is 9.66. The summed E-state index contributed by atoms with van der Waals surface area (Å²) in [5, 5.41) is 18.7. The van der Waals surface area contributed by atoms with Gasteiger partial charge in [0.05, 0.1) is 28.4 Å². The molecular weight excluding hydrogens is 460 g/mol. The van der Waals surface area contributed by atoms with Gasteiger partial charge in [-0.2, -0.15) is 10.2 Å². The first-order chi connectivity index (χ1) is 16.9. The molecule has 35 heavy (non-hydrogen) atoms. The molecule has 0 aliphatic carbocycles. The van der Waals surface area contributed by atoms with E-state index in [1.165, 1.54) is 5.56 Å². The molecule has 3 heterocycles. The van der Waals surface area contributed by atoms with E-state index in [4.69, 9.17) is 16.7 Å². The largest absolute Gasteiger partial charge is 0.352 e. The van der Waals surface area contributed by atoms with Crippen LogP contribution in [0.25, 0.3) is 16.6 Å². The van der Waals surface area contributed by atoms with Gasteiger partial charge in [-0.25, -0.2) is 4.68 Å². The van der Waals surface area contributed by atoms with Gasteiger partial charge in [0.15, 0.2) is 5.82 Å². The van der Waals surface area contributed by atoms with Crippen LogP contribution >= 0.6 is 11.6 Å². The number of hydrogen-bond acceptors (Lipinski definition) is 5. The molecule has 7 nitrogen and oxygen atoms in total. The Labute approximate surface area is 210 Å². The van der Waals surface area contributed by atoms with E-state index < -0.39 is 0 Å². The molecule has 8 heteroatoms. The first-order valence-electron chi connectivity index (χ1n) is 12.0. The van der Waals surface area contributed by atoms with Crippen molar-refractivity contribution in [2.75, 3.05) is 18.0 Å². The number of nitrogens with zero attached hydrogens (tertiary/aromatic N) is 5. The molecule has 2 aromatic heterocycles. The zero-order valence-corrected chi connectivity index (χ0v) is 21.0. The summed E-state index contributed by atoms with van der Waals surface area (Å²) in [7, 11) is 0. The van der Waals surface area contributed by atoms with E-state index >= 15 is 0 Å². The minimum absolute atomic E-state index is 0.0485. The third kappa shape index (κ3) is 4.73. The van der Waals surface area contributed by atoms with Gasteiger partial charge in [0, 0.05) is 24.7 Å². The van der Waals surface area contributed by atoms with Gasteiger partial charge in [0.2, 0.25) is 5.91 Å². The average Bonchev–Trinajstić information content (AvgIpc) is 3.21. The van der Waals surface area contributed by atoms with E-state index in [1.807, 2.05) is 35.9 Å². The predicted molar refractivity (Wildman–Crippen MR) is 139 cm³/mol. The van der Waals surface area contributed by atoms with Gasteiger partial charge in [-0.05, 0) is 63.4 Å². The van der Waals surface area contributed by atoms with Crippen molar-refractivity contribution in [2.24, 2.45) is 5.92 Å². The first-order valence-corrected chi connectivity index (χ1v) is 12.4. The molecule has 1 atom stereocenters. The predicted octanol–water partition coefficient (Wildman–Crippen LogP) is 4.93. The molecule has 0 unspecified atom stereocenters. The Bertz CT molecular complexity index is 1380. The highest BCUT2D eigenvalue weighted by atomic mass is 35.5. The number of nitrogens with one attached hydrogen (secondary N) is 1. The Morgan fingerprint density at radius 1 is 1.11 bits per heavy atom. The smallest absolute Gasteiger partial charge is 0.225 e. The van der Waals surface area contributed by atoms with Crippen LogP contribution in [0.3, 0.4) is 0 Å². The minimum Gasteiger partial charge on any atom is -0.352 e. The number of amides is 1. The Hall–Kier alpha value is -3.45. The minimum atomic E-state index is -0.124. The lowest BCUT2D eigenvalue weighted by Gasteiger charge is -2.32. The third-order valence-corrected chi connectivity index (χ3v) is 6.95. The molecule has 1 N–H and O–H groups in total. The lowest BCUT2D eigenvalue weighted by molar-refractivity contribution is -0.125. The second-order valence-corrected chi connectivity index (χ2v) is 9.73. The maximum atomic E-state index is 13.0. The Morgan fingerprint density at radius 2 is 1.91 bits per heavy atom. The molecule has 0 bridgehead atoms. The number of carbonyl (C=O) groups excluding carboxylic acids is 1. The van der Waals surface area contributed by atoms with Gasteiger partial charge in [-0.3, -0.25) is 4.79 Å². The van der Waals surface area contributed by atoms with Crippen LogP contribution in [0, 0.1) is 26.7 Å². The SMILES string of the molecule is Cc1ccc(-n2nc3c(N4CCC[C@H](C(=O)NCc5cccc(Cl)c5)C4)nnc(C)c3c2C)cc1. The lowest BCUT2D eigenvalue weighted by atomic mass is 9.97. The highest BCUT2D eigenvalue weighted by Crippen LogP contribution is 2.31. The van der Waals surface area contributed by atoms with Gasteiger partial charge < -0.3 is 10.2 Å². The van der Waals surface area contributed by atoms with Crippen LogP contribution in [0.1, 0.15) is 35.4 Å². The zero-order valence-electron chi connectivity index (χ0n) is 20.3. The maximum absolute atomic E-state index is 13.0. The molecule has 1 saturated heterocycles. The van der Waals surface area contributed by atoms with Crippen LogP contribution in [0.15, 0.2) is 48.5 Å². The quantitative estimate of drug-likeness (QED) is 0.431. The monoisotopic (exact) mass is 488 g/mol. The van der Waals surface area contributed by atoms with E-state index in [1.54, 1.807) is 0 Å². The molecule has 1 aliphatic heterocycles. The van der Waals surface area contributed by atoms with Crippen molar-refractivity contribution in [3.05, 3.63) is 76.1 Å². The summed E-state index contributed by atoms with van der Waals surface area (Å²) in [6.07, 6.45) is 1.75. The molecule has 1 fully saturated rings. The number of halogens is 1. The second-order valence-electron chi connectivity index (χ2n) is 9.30. The number of fused-ring (bicyclic) bond motifs is 1. The first kappa shape index (κ1) is 23.3. The highest BCUT2D eigenvalue weighted by molar-refractivity contribution is 6.30. The summed E-state index contributed by atoms with van der Waals surface area (Å²) in [6, 6.07) is 15.9. The Morgan fingerprint density at radius 3 is 2.69 bits per heavy atom. The zero-order chi connectivity index (χ0) is 24.5. The van der Waals surface area contributed by atoms with E-state index in [0.29, 0.717) is 18.1 Å². The number of aromatic nitrogens is 4. The molecule has 4 aromatic rings. The van der Waals surface area contributed by atoms with E-state index in [0.717, 1.165) is 58.7 Å². The number of benzene rings is 2. The van der Waals surface area contributed by atoms with Crippen LogP contribution < -0.4 is 10.2 Å². The molecule has 2 aromatic carbocycles. The fourth-order valence-corrected chi connectivity index (χ4v) is 5.04. The van der Waals surface area contributed by atoms with E-state index in [-0.39, 0.29) is 11.8 Å². The van der Waals surface area contributed by atoms with Gasteiger partial charge in [0.1, 0.15) is 5.52 Å². The molecule has 0 saturated carbocycles. The molecule has 180 valence electrons. The Kier molecular flexibility index (Phi) is 6.43. The standard InChI is InChI=1S/C27H29ClN6O/c1-17-9-11-23(12-10-17)34-19(3)24-18(2)30-31-26(25(24)32-34)33-13-5-7-21(16-33)27(35)29-15-20-6-4-8-22(28)14-20/h4,6,8-12,14,21H,5,7,13,15-16H2,1-3H3,(H,29,35)/t21-/m0/s1. The summed E-state index contributed by atoms with van der Waals surface area (Å²) in [5.41, 5.74) is 5.91. The fraction of sp³-hybridized carbons (Fsp3) is 0.333. The number of aryl methyl sites for hydroxylation is 3. The van der Waals surface area contributed by atoms with Gasteiger partial charge in [0.25, 0.3) is 0 Å². The third-order valence-electron chi connectivity index (χ3n) is 6.71. The maximum Gasteiger partial charge on any atom is 0.225 e. The molecular formula is C27H29ClN6O. The summed E-state index contributed by atoms with van der Waals surface area (Å²) in [6.45, 7) is 7.98. The topological polar surface area (TPSA) is 75.9 Å². The highest BCUT2D eigenvalue weighted by Gasteiger charge is 2.29. The van der Waals surface area contributed by atoms with Crippen molar-refractivity contribution in [3.8, 4) is 5.69 Å². The average molecular weight is 489 g/mol. The van der Waals surface area contributed by atoms with Gasteiger partial charge in [-0.1, -0.05) is 41.4 Å². The molecule has 1 aliphatic rings. The molecule has 0 spiro atoms. The van der Waals surface area contributed by atoms with E-state index in [2.05, 4.69) is 58.5 Å². The lowest BCUT2D eigenvalue weighted by Crippen LogP contribution is -2.43. The summed E-state index contributed by atoms with van der Waals surface area (Å²) < 4.78 is 1.96. The number of piperidine rings is 1. The van der Waals surface area contributed by atoms with Crippen molar-refractivity contribution in [3.63, 3.8) is 0 Å². The van der Waals surface area contributed by atoms with Gasteiger partial charge >= 0.3 is 0 Å². The number of rotatable bonds is 5. The van der Waals surface area contributed by atoms with Crippen molar-refractivity contribution >= 4 is 34.2 Å².